The highest BCUT2D eigenvalue weighted by Crippen LogP contribution is 2.38. The van der Waals surface area contributed by atoms with Crippen LogP contribution in [0.25, 0.3) is 11.1 Å². The number of rotatable bonds is 2. The van der Waals surface area contributed by atoms with Crippen molar-refractivity contribution in [1.29, 1.82) is 0 Å². The molecule has 0 atom stereocenters. The summed E-state index contributed by atoms with van der Waals surface area (Å²) in [6.07, 6.45) is 0.677. The van der Waals surface area contributed by atoms with Crippen LogP contribution in [-0.4, -0.2) is 17.1 Å². The van der Waals surface area contributed by atoms with Crippen molar-refractivity contribution in [2.45, 2.75) is 6.42 Å². The Balaban J connectivity index is 2.27. The van der Waals surface area contributed by atoms with E-state index in [1.165, 1.54) is 0 Å². The van der Waals surface area contributed by atoms with Crippen molar-refractivity contribution >= 4 is 33.7 Å². The highest BCUT2D eigenvalue weighted by molar-refractivity contribution is 6.68. The molecule has 5 heteroatoms. The van der Waals surface area contributed by atoms with Crippen LogP contribution in [0.3, 0.4) is 0 Å². The van der Waals surface area contributed by atoms with E-state index >= 15 is 0 Å². The van der Waals surface area contributed by atoms with Crippen LogP contribution in [0.5, 0.6) is 5.75 Å². The first kappa shape index (κ1) is 14.1. The number of ether oxygens (including phenoxy) is 1. The molecule has 0 amide bonds. The summed E-state index contributed by atoms with van der Waals surface area (Å²) < 4.78 is 5.70. The van der Waals surface area contributed by atoms with Gasteiger partial charge in [-0.1, -0.05) is 18.2 Å². The van der Waals surface area contributed by atoms with Gasteiger partial charge in [-0.3, -0.25) is 9.59 Å². The van der Waals surface area contributed by atoms with Crippen LogP contribution >= 0.6 is 23.2 Å². The Morgan fingerprint density at radius 3 is 2.52 bits per heavy atom. The van der Waals surface area contributed by atoms with Crippen molar-refractivity contribution in [3.8, 4) is 16.9 Å². The normalized spacial score (nSPS) is 12.7. The summed E-state index contributed by atoms with van der Waals surface area (Å²) >= 11 is 11.2. The topological polar surface area (TPSA) is 43.4 Å². The first-order valence-corrected chi connectivity index (χ1v) is 7.12. The fraction of sp³-hybridized carbons (Fsp3) is 0.125. The van der Waals surface area contributed by atoms with E-state index in [0.717, 1.165) is 16.7 Å². The standard InChI is InChI=1S/C16H10Cl2O3/c17-15(19)10-5-4-9-6-7-21-14-11(13(9)8-10)2-1-3-12(14)16(18)20/h1-5,8H,6-7H2. The predicted octanol–water partition coefficient (Wildman–Crippen LogP) is 4.05. The van der Waals surface area contributed by atoms with E-state index in [1.54, 1.807) is 24.3 Å². The van der Waals surface area contributed by atoms with Crippen LogP contribution in [0.2, 0.25) is 0 Å². The Bertz CT molecular complexity index is 753. The molecule has 0 aliphatic carbocycles. The van der Waals surface area contributed by atoms with Crippen LogP contribution < -0.4 is 4.74 Å². The number of fused-ring (bicyclic) bond motifs is 3. The zero-order valence-corrected chi connectivity index (χ0v) is 12.4. The number of para-hydroxylation sites is 1. The van der Waals surface area contributed by atoms with E-state index in [9.17, 15) is 9.59 Å². The lowest BCUT2D eigenvalue weighted by Gasteiger charge is -2.11. The minimum Gasteiger partial charge on any atom is -0.492 e. The van der Waals surface area contributed by atoms with Gasteiger partial charge in [-0.2, -0.15) is 0 Å². The van der Waals surface area contributed by atoms with Crippen molar-refractivity contribution in [2.75, 3.05) is 6.61 Å². The Morgan fingerprint density at radius 1 is 1.00 bits per heavy atom. The third kappa shape index (κ3) is 2.55. The lowest BCUT2D eigenvalue weighted by atomic mass is 9.95. The molecule has 0 fully saturated rings. The largest absolute Gasteiger partial charge is 0.492 e. The van der Waals surface area contributed by atoms with Gasteiger partial charge in [-0.05, 0) is 52.5 Å². The Kier molecular flexibility index (Phi) is 3.70. The van der Waals surface area contributed by atoms with Crippen LogP contribution in [-0.2, 0) is 6.42 Å². The van der Waals surface area contributed by atoms with Gasteiger partial charge < -0.3 is 4.74 Å². The van der Waals surface area contributed by atoms with Gasteiger partial charge in [0.2, 0.25) is 0 Å². The molecule has 1 aliphatic heterocycles. The fourth-order valence-electron chi connectivity index (χ4n) is 2.49. The smallest absolute Gasteiger partial charge is 0.256 e. The molecule has 3 nitrogen and oxygen atoms in total. The third-order valence-electron chi connectivity index (χ3n) is 3.47. The minimum atomic E-state index is -0.570. The van der Waals surface area contributed by atoms with E-state index in [1.807, 2.05) is 12.1 Å². The first-order valence-electron chi connectivity index (χ1n) is 6.36. The second-order valence-corrected chi connectivity index (χ2v) is 5.39. The molecular formula is C16H10Cl2O3. The predicted molar refractivity (Wildman–Crippen MR) is 81.4 cm³/mol. The Hall–Kier alpha value is -1.84. The lowest BCUT2D eigenvalue weighted by Crippen LogP contribution is -2.02. The van der Waals surface area contributed by atoms with Gasteiger partial charge in [-0.25, -0.2) is 0 Å². The van der Waals surface area contributed by atoms with Crippen LogP contribution in [0.1, 0.15) is 26.3 Å². The van der Waals surface area contributed by atoms with Crippen molar-refractivity contribution in [2.24, 2.45) is 0 Å². The summed E-state index contributed by atoms with van der Waals surface area (Å²) in [7, 11) is 0. The molecule has 1 heterocycles. The second-order valence-electron chi connectivity index (χ2n) is 4.70. The molecule has 0 saturated carbocycles. The molecule has 2 aromatic rings. The van der Waals surface area contributed by atoms with E-state index in [-0.39, 0.29) is 0 Å². The Labute approximate surface area is 131 Å². The fourth-order valence-corrected chi connectivity index (χ4v) is 2.76. The van der Waals surface area contributed by atoms with Gasteiger partial charge in [0.05, 0.1) is 12.2 Å². The lowest BCUT2D eigenvalue weighted by molar-refractivity contribution is 0.107. The molecule has 1 aliphatic rings. The van der Waals surface area contributed by atoms with Crippen LogP contribution in [0.15, 0.2) is 36.4 Å². The van der Waals surface area contributed by atoms with Gasteiger partial charge in [0.15, 0.2) is 0 Å². The molecule has 0 unspecified atom stereocenters. The maximum atomic E-state index is 11.5. The monoisotopic (exact) mass is 320 g/mol. The van der Waals surface area contributed by atoms with Gasteiger partial charge in [0.1, 0.15) is 5.75 Å². The average Bonchev–Trinajstić information content (AvgIpc) is 2.65. The summed E-state index contributed by atoms with van der Waals surface area (Å²) in [5, 5.41) is -1.09. The molecular weight excluding hydrogens is 311 g/mol. The summed E-state index contributed by atoms with van der Waals surface area (Å²) in [6.45, 7) is 0.440. The molecule has 0 radical (unpaired) electrons. The average molecular weight is 321 g/mol. The van der Waals surface area contributed by atoms with Crippen molar-refractivity contribution in [3.63, 3.8) is 0 Å². The quantitative estimate of drug-likeness (QED) is 0.784. The molecule has 3 rings (SSSR count). The molecule has 0 N–H and O–H groups in total. The van der Waals surface area contributed by atoms with E-state index in [2.05, 4.69) is 0 Å². The Morgan fingerprint density at radius 2 is 1.81 bits per heavy atom. The number of benzene rings is 2. The maximum Gasteiger partial charge on any atom is 0.256 e. The number of carbonyl (C=O) groups is 2. The SMILES string of the molecule is O=C(Cl)c1ccc2c(c1)-c1cccc(C(=O)Cl)c1OCC2. The molecule has 0 bridgehead atoms. The van der Waals surface area contributed by atoms with Crippen LogP contribution in [0, 0.1) is 0 Å². The third-order valence-corrected chi connectivity index (χ3v) is 3.89. The second kappa shape index (κ2) is 5.51. The molecule has 0 saturated heterocycles. The van der Waals surface area contributed by atoms with E-state index < -0.39 is 10.5 Å². The zero-order chi connectivity index (χ0) is 15.0. The first-order chi connectivity index (χ1) is 10.1. The van der Waals surface area contributed by atoms with Gasteiger partial charge in [0, 0.05) is 17.5 Å². The maximum absolute atomic E-state index is 11.5. The molecule has 0 aromatic heterocycles. The molecule has 21 heavy (non-hydrogen) atoms. The highest BCUT2D eigenvalue weighted by Gasteiger charge is 2.21. The minimum absolute atomic E-state index is 0.324. The summed E-state index contributed by atoms with van der Waals surface area (Å²) in [6, 6.07) is 10.5. The summed E-state index contributed by atoms with van der Waals surface area (Å²) in [5.74, 6) is 0.454. The van der Waals surface area contributed by atoms with Gasteiger partial charge in [0.25, 0.3) is 10.5 Å². The zero-order valence-electron chi connectivity index (χ0n) is 10.9. The summed E-state index contributed by atoms with van der Waals surface area (Å²) in [5.41, 5.74) is 3.35. The van der Waals surface area contributed by atoms with Crippen molar-refractivity contribution in [3.05, 3.63) is 53.1 Å². The number of halogens is 2. The van der Waals surface area contributed by atoms with Gasteiger partial charge >= 0.3 is 0 Å². The summed E-state index contributed by atoms with van der Waals surface area (Å²) in [4.78, 5) is 22.9. The molecule has 0 spiro atoms. The highest BCUT2D eigenvalue weighted by atomic mass is 35.5. The van der Waals surface area contributed by atoms with E-state index in [4.69, 9.17) is 27.9 Å². The molecule has 106 valence electrons. The van der Waals surface area contributed by atoms with Crippen molar-refractivity contribution in [1.82, 2.24) is 0 Å². The van der Waals surface area contributed by atoms with Gasteiger partial charge in [-0.15, -0.1) is 0 Å². The van der Waals surface area contributed by atoms with E-state index in [0.29, 0.717) is 29.9 Å². The number of hydrogen-bond donors (Lipinski definition) is 0. The molecule has 2 aromatic carbocycles. The number of carbonyl (C=O) groups excluding carboxylic acids is 2. The number of hydrogen-bond acceptors (Lipinski definition) is 3. The van der Waals surface area contributed by atoms with Crippen molar-refractivity contribution < 1.29 is 14.3 Å². The van der Waals surface area contributed by atoms with Crippen LogP contribution in [0.4, 0.5) is 0 Å².